The average Bonchev–Trinajstić information content (AvgIpc) is 3.59. The molecule has 7 aromatic rings. The highest BCUT2D eigenvalue weighted by atomic mass is 19.4. The fourth-order valence-electron chi connectivity index (χ4n) is 6.44. The lowest BCUT2D eigenvalue weighted by molar-refractivity contribution is -0.144. The van der Waals surface area contributed by atoms with Gasteiger partial charge >= 0.3 is 30.9 Å². The SMILES string of the molecule is Cc1c(C#N)cc(C#N)cc1C#N.Cc1c(C(F)(F)F)cccc1C(F)(F)F.Cc1cc(C#N)cc(C#N)c1.Cc1ccc(C#N)cc1C#N.Cc1ccc(C(F)(F)F)cc1.Cc1cccc(C(F)(F)F)c1.Cc1ccccc1C(F)(F)F. The van der Waals surface area contributed by atoms with Gasteiger partial charge in [0, 0.05) is 0 Å². The number of rotatable bonds is 0. The van der Waals surface area contributed by atoms with Crippen LogP contribution >= 0.6 is 0 Å². The van der Waals surface area contributed by atoms with Crippen LogP contribution < -0.4 is 0 Å². The largest absolute Gasteiger partial charge is 0.416 e. The summed E-state index contributed by atoms with van der Waals surface area (Å²) in [7, 11) is 0. The van der Waals surface area contributed by atoms with Crippen LogP contribution in [0, 0.1) is 128 Å². The lowest BCUT2D eigenvalue weighted by atomic mass is 10.0. The number of nitrogens with zero attached hydrogens (tertiary/aromatic N) is 7. The zero-order valence-electron chi connectivity index (χ0n) is 44.6. The van der Waals surface area contributed by atoms with Gasteiger partial charge in [0.05, 0.1) is 109 Å². The van der Waals surface area contributed by atoms with E-state index in [1.54, 1.807) is 69.3 Å². The fraction of sp³-hybridized carbons (Fsp3) is 0.197. The van der Waals surface area contributed by atoms with E-state index in [0.717, 1.165) is 60.0 Å². The topological polar surface area (TPSA) is 167 Å². The van der Waals surface area contributed by atoms with Crippen LogP contribution in [0.1, 0.15) is 106 Å². The Labute approximate surface area is 468 Å². The zero-order chi connectivity index (χ0) is 63.7. The van der Waals surface area contributed by atoms with Crippen molar-refractivity contribution in [3.05, 3.63) is 245 Å². The molecule has 0 heterocycles. The molecular weight excluding hydrogens is 1120 g/mol. The Hall–Kier alpha value is -10.1. The first-order valence-corrected chi connectivity index (χ1v) is 23.2. The third-order valence-corrected chi connectivity index (χ3v) is 10.7. The van der Waals surface area contributed by atoms with Crippen LogP contribution in [-0.4, -0.2) is 0 Å². The number of halogens is 15. The predicted molar refractivity (Wildman–Crippen MR) is 276 cm³/mol. The zero-order valence-corrected chi connectivity index (χ0v) is 44.6. The monoisotopic (exact) mass is 1160 g/mol. The summed E-state index contributed by atoms with van der Waals surface area (Å²) in [5.41, 5.74) is 2.48. The minimum Gasteiger partial charge on any atom is -0.192 e. The van der Waals surface area contributed by atoms with Gasteiger partial charge in [-0.3, -0.25) is 0 Å². The Morgan fingerprint density at radius 3 is 1.02 bits per heavy atom. The number of hydrogen-bond donors (Lipinski definition) is 0. The summed E-state index contributed by atoms with van der Waals surface area (Å²) in [4.78, 5) is 0. The average molecular weight is 1160 g/mol. The summed E-state index contributed by atoms with van der Waals surface area (Å²) in [5.74, 6) is 0. The van der Waals surface area contributed by atoms with Crippen molar-refractivity contribution < 1.29 is 65.9 Å². The van der Waals surface area contributed by atoms with E-state index in [1.165, 1.54) is 49.4 Å². The van der Waals surface area contributed by atoms with E-state index >= 15 is 0 Å². The Morgan fingerprint density at radius 1 is 0.265 bits per heavy atom. The molecule has 83 heavy (non-hydrogen) atoms. The molecule has 22 heteroatoms. The van der Waals surface area contributed by atoms with Gasteiger partial charge in [0.15, 0.2) is 0 Å². The molecule has 7 rings (SSSR count). The maximum absolute atomic E-state index is 12.2. The van der Waals surface area contributed by atoms with Gasteiger partial charge in [-0.1, -0.05) is 71.8 Å². The van der Waals surface area contributed by atoms with Crippen molar-refractivity contribution in [1.82, 2.24) is 0 Å². The molecule has 428 valence electrons. The summed E-state index contributed by atoms with van der Waals surface area (Å²) in [6, 6.07) is 44.7. The third kappa shape index (κ3) is 24.4. The standard InChI is InChI=1S/C10H5N3.C9H6F6.2C9H6N2.3C8H7F3/c1-7-9(5-12)2-8(4-11)3-10(7)6-13;1-5-6(8(10,11)12)3-2-4-7(5)9(13,14)15;1-7-2-8(5-10)4-9(3-7)6-11;1-7-2-3-8(5-10)4-9(7)6-11;1-6-2-4-7(5-3-6)8(9,10)11;1-6-3-2-4-7(5-6)8(9,10)11;1-6-4-2-3-5-7(6)8(9,10)11/h2-3H,1H3;2-4H,1H3;2*2-4H,1H3;3*2-5H,1H3. The summed E-state index contributed by atoms with van der Waals surface area (Å²) in [5, 5.41) is 60.1. The highest BCUT2D eigenvalue weighted by Gasteiger charge is 2.39. The van der Waals surface area contributed by atoms with E-state index in [0.29, 0.717) is 62.2 Å². The second-order valence-electron chi connectivity index (χ2n) is 17.1. The van der Waals surface area contributed by atoms with E-state index in [-0.39, 0.29) is 5.56 Å². The molecule has 0 saturated carbocycles. The van der Waals surface area contributed by atoms with Crippen LogP contribution in [0.5, 0.6) is 0 Å². The molecule has 0 saturated heterocycles. The molecule has 0 unspecified atom stereocenters. The fourth-order valence-corrected chi connectivity index (χ4v) is 6.44. The van der Waals surface area contributed by atoms with Crippen molar-refractivity contribution >= 4 is 0 Å². The molecule has 7 aromatic carbocycles. The Morgan fingerprint density at radius 2 is 0.663 bits per heavy atom. The first-order valence-electron chi connectivity index (χ1n) is 23.2. The van der Waals surface area contributed by atoms with E-state index in [2.05, 4.69) is 0 Å². The first kappa shape index (κ1) is 70.9. The van der Waals surface area contributed by atoms with Crippen LogP contribution in [-0.2, 0) is 30.9 Å². The van der Waals surface area contributed by atoms with Gasteiger partial charge in [0.2, 0.25) is 0 Å². The van der Waals surface area contributed by atoms with Crippen LogP contribution in [0.25, 0.3) is 0 Å². The van der Waals surface area contributed by atoms with Crippen molar-refractivity contribution in [2.45, 2.75) is 79.3 Å². The van der Waals surface area contributed by atoms with Crippen molar-refractivity contribution in [3.63, 3.8) is 0 Å². The molecule has 0 spiro atoms. The maximum Gasteiger partial charge on any atom is 0.416 e. The molecule has 0 bridgehead atoms. The molecule has 0 aliphatic carbocycles. The summed E-state index contributed by atoms with van der Waals surface area (Å²) < 4.78 is 181. The van der Waals surface area contributed by atoms with Gasteiger partial charge in [0.1, 0.15) is 0 Å². The van der Waals surface area contributed by atoms with Crippen molar-refractivity contribution in [2.75, 3.05) is 0 Å². The number of alkyl halides is 15. The Bertz CT molecular complexity index is 3520. The molecule has 0 amide bonds. The van der Waals surface area contributed by atoms with Crippen molar-refractivity contribution in [2.24, 2.45) is 0 Å². The van der Waals surface area contributed by atoms with Gasteiger partial charge < -0.3 is 0 Å². The molecule has 0 aromatic heterocycles. The molecule has 7 nitrogen and oxygen atoms in total. The lowest BCUT2D eigenvalue weighted by Crippen LogP contribution is -2.14. The van der Waals surface area contributed by atoms with Crippen LogP contribution in [0.4, 0.5) is 65.9 Å². The van der Waals surface area contributed by atoms with Gasteiger partial charge in [-0.15, -0.1) is 0 Å². The van der Waals surface area contributed by atoms with Crippen LogP contribution in [0.3, 0.4) is 0 Å². The van der Waals surface area contributed by atoms with Crippen molar-refractivity contribution in [3.8, 4) is 42.5 Å². The highest BCUT2D eigenvalue weighted by Crippen LogP contribution is 2.39. The normalized spacial score (nSPS) is 10.4. The molecule has 0 aliphatic heterocycles. The quantitative estimate of drug-likeness (QED) is 0.136. The smallest absolute Gasteiger partial charge is 0.192 e. The second-order valence-corrected chi connectivity index (χ2v) is 17.1. The van der Waals surface area contributed by atoms with Crippen LogP contribution in [0.2, 0.25) is 0 Å². The maximum atomic E-state index is 12.2. The number of aryl methyl sites for hydroxylation is 5. The summed E-state index contributed by atoms with van der Waals surface area (Å²) in [6.45, 7) is 11.0. The first-order chi connectivity index (χ1) is 38.4. The third-order valence-electron chi connectivity index (χ3n) is 10.7. The minimum atomic E-state index is -4.76. The summed E-state index contributed by atoms with van der Waals surface area (Å²) >= 11 is 0. The summed E-state index contributed by atoms with van der Waals surface area (Å²) in [6.07, 6.45) is -22.2. The molecule has 0 radical (unpaired) electrons. The number of hydrogen-bond acceptors (Lipinski definition) is 7. The Kier molecular flexibility index (Phi) is 27.0. The van der Waals surface area contributed by atoms with Gasteiger partial charge in [-0.25, -0.2) is 0 Å². The van der Waals surface area contributed by atoms with E-state index in [1.807, 2.05) is 56.3 Å². The van der Waals surface area contributed by atoms with Crippen LogP contribution in [0.15, 0.2) is 140 Å². The van der Waals surface area contributed by atoms with Gasteiger partial charge in [-0.2, -0.15) is 103 Å². The number of benzene rings is 7. The lowest BCUT2D eigenvalue weighted by Gasteiger charge is -2.15. The van der Waals surface area contributed by atoms with Gasteiger partial charge in [0.25, 0.3) is 0 Å². The van der Waals surface area contributed by atoms with Crippen molar-refractivity contribution in [1.29, 1.82) is 36.8 Å². The molecular formula is C61H44F15N7. The minimum absolute atomic E-state index is 0.264. The molecule has 0 N–H and O–H groups in total. The molecule has 0 atom stereocenters. The second kappa shape index (κ2) is 31.6. The highest BCUT2D eigenvalue weighted by molar-refractivity contribution is 5.53. The van der Waals surface area contributed by atoms with E-state index < -0.39 is 64.3 Å². The Balaban J connectivity index is 0.000000486. The molecule has 0 fully saturated rings. The van der Waals surface area contributed by atoms with Gasteiger partial charge in [-0.05, 0) is 155 Å². The number of nitriles is 7. The molecule has 0 aliphatic rings. The van der Waals surface area contributed by atoms with E-state index in [4.69, 9.17) is 36.8 Å². The van der Waals surface area contributed by atoms with E-state index in [9.17, 15) is 65.9 Å². The predicted octanol–water partition coefficient (Wildman–Crippen LogP) is 18.2.